The molecule has 1 amide bonds. The van der Waals surface area contributed by atoms with Gasteiger partial charge in [-0.15, -0.1) is 0 Å². The number of para-hydroxylation sites is 2. The molecule has 0 radical (unpaired) electrons. The predicted octanol–water partition coefficient (Wildman–Crippen LogP) is 4.85. The zero-order valence-electron chi connectivity index (χ0n) is 19.1. The summed E-state index contributed by atoms with van der Waals surface area (Å²) in [6.07, 6.45) is 3.79. The Morgan fingerprint density at radius 3 is 2.43 bits per heavy atom. The second kappa shape index (κ2) is 9.54. The summed E-state index contributed by atoms with van der Waals surface area (Å²) in [5.41, 5.74) is 4.43. The van der Waals surface area contributed by atoms with Crippen molar-refractivity contribution < 1.29 is 19.5 Å². The maximum Gasteiger partial charge on any atom is 0.303 e. The molecule has 0 fully saturated rings. The number of carboxylic acids is 1. The minimum atomic E-state index is -1.04. The van der Waals surface area contributed by atoms with Gasteiger partial charge in [0.25, 0.3) is 0 Å². The maximum atomic E-state index is 13.8. The molecule has 0 unspecified atom stereocenters. The fraction of sp³-hybridized carbons (Fsp3) is 0.214. The van der Waals surface area contributed by atoms with Crippen LogP contribution in [0.1, 0.15) is 48.8 Å². The fourth-order valence-electron chi connectivity index (χ4n) is 5.01. The molecule has 2 heterocycles. The van der Waals surface area contributed by atoms with Crippen LogP contribution in [0.4, 0.5) is 11.4 Å². The second-order valence-electron chi connectivity index (χ2n) is 8.82. The molecular weight excluding hydrogens is 442 g/mol. The van der Waals surface area contributed by atoms with Gasteiger partial charge < -0.3 is 10.4 Å². The van der Waals surface area contributed by atoms with Crippen LogP contribution >= 0.6 is 0 Å². The summed E-state index contributed by atoms with van der Waals surface area (Å²) in [7, 11) is 0. The molecule has 7 nitrogen and oxygen atoms in total. The molecule has 2 aromatic carbocycles. The van der Waals surface area contributed by atoms with E-state index in [2.05, 4.69) is 10.3 Å². The molecule has 0 saturated carbocycles. The number of Topliss-reactive ketones (excluding diaryl/α,β-unsaturated/α-hetero) is 1. The number of ketones is 1. The van der Waals surface area contributed by atoms with Crippen LogP contribution in [0, 0.1) is 0 Å². The maximum absolute atomic E-state index is 13.8. The normalized spacial score (nSPS) is 19.3. The van der Waals surface area contributed by atoms with Crippen molar-refractivity contribution in [2.45, 2.75) is 37.6 Å². The lowest BCUT2D eigenvalue weighted by Gasteiger charge is -2.35. The third kappa shape index (κ3) is 4.45. The van der Waals surface area contributed by atoms with E-state index in [4.69, 9.17) is 0 Å². The number of anilines is 2. The van der Waals surface area contributed by atoms with Gasteiger partial charge in [0.05, 0.1) is 23.8 Å². The highest BCUT2D eigenvalue weighted by atomic mass is 16.4. The SMILES string of the molecule is O=C(O)CCC(=O)N1c2ccccc2NC2=C(C(=O)C[C@@H](c3ccccc3)C2)[C@@H]1c1cccnc1. The number of carbonyl (C=O) groups is 3. The van der Waals surface area contributed by atoms with Crippen molar-refractivity contribution in [2.24, 2.45) is 0 Å². The van der Waals surface area contributed by atoms with Crippen molar-refractivity contribution in [2.75, 3.05) is 10.2 Å². The molecule has 2 aliphatic rings. The lowest BCUT2D eigenvalue weighted by molar-refractivity contribution is -0.138. The van der Waals surface area contributed by atoms with E-state index in [1.54, 1.807) is 23.4 Å². The number of aliphatic carboxylic acids is 1. The third-order valence-corrected chi connectivity index (χ3v) is 6.58. The van der Waals surface area contributed by atoms with Gasteiger partial charge in [-0.25, -0.2) is 0 Å². The van der Waals surface area contributed by atoms with Gasteiger partial charge in [0, 0.05) is 36.5 Å². The first kappa shape index (κ1) is 22.5. The van der Waals surface area contributed by atoms with Crippen molar-refractivity contribution in [3.05, 3.63) is 102 Å². The van der Waals surface area contributed by atoms with Gasteiger partial charge in [-0.1, -0.05) is 48.5 Å². The van der Waals surface area contributed by atoms with Crippen molar-refractivity contribution in [1.29, 1.82) is 0 Å². The molecule has 1 aliphatic heterocycles. The number of allylic oxidation sites excluding steroid dienone is 1. The summed E-state index contributed by atoms with van der Waals surface area (Å²) >= 11 is 0. The number of hydrogen-bond donors (Lipinski definition) is 2. The summed E-state index contributed by atoms with van der Waals surface area (Å²) in [6, 6.07) is 20.3. The Hall–Kier alpha value is -4.26. The lowest BCUT2D eigenvalue weighted by atomic mass is 9.78. The summed E-state index contributed by atoms with van der Waals surface area (Å²) < 4.78 is 0. The molecule has 0 bridgehead atoms. The number of benzene rings is 2. The smallest absolute Gasteiger partial charge is 0.303 e. The summed E-state index contributed by atoms with van der Waals surface area (Å²) in [5, 5.41) is 12.7. The molecule has 35 heavy (non-hydrogen) atoms. The topological polar surface area (TPSA) is 99.6 Å². The Balaban J connectivity index is 1.67. The number of nitrogens with one attached hydrogen (secondary N) is 1. The second-order valence-corrected chi connectivity index (χ2v) is 8.82. The molecule has 0 saturated heterocycles. The quantitative estimate of drug-likeness (QED) is 0.557. The van der Waals surface area contributed by atoms with Gasteiger partial charge in [-0.2, -0.15) is 0 Å². The van der Waals surface area contributed by atoms with Crippen molar-refractivity contribution in [3.8, 4) is 0 Å². The van der Waals surface area contributed by atoms with Gasteiger partial charge in [-0.05, 0) is 41.7 Å². The monoisotopic (exact) mass is 467 g/mol. The van der Waals surface area contributed by atoms with E-state index < -0.39 is 12.0 Å². The molecule has 2 atom stereocenters. The molecule has 7 heteroatoms. The third-order valence-electron chi connectivity index (χ3n) is 6.58. The Bertz CT molecular complexity index is 1300. The minimum absolute atomic E-state index is 0.0194. The average Bonchev–Trinajstić information content (AvgIpc) is 3.03. The van der Waals surface area contributed by atoms with E-state index in [1.807, 2.05) is 60.7 Å². The van der Waals surface area contributed by atoms with Crippen molar-refractivity contribution >= 4 is 29.0 Å². The molecule has 2 N–H and O–H groups in total. The van der Waals surface area contributed by atoms with Gasteiger partial charge >= 0.3 is 5.97 Å². The molecule has 176 valence electrons. The number of hydrogen-bond acceptors (Lipinski definition) is 5. The molecule has 1 aromatic heterocycles. The van der Waals surface area contributed by atoms with Crippen LogP contribution in [-0.2, 0) is 14.4 Å². The molecule has 5 rings (SSSR count). The Labute approximate surface area is 203 Å². The van der Waals surface area contributed by atoms with Crippen LogP contribution in [0.2, 0.25) is 0 Å². The highest BCUT2D eigenvalue weighted by Crippen LogP contribution is 2.47. The highest BCUT2D eigenvalue weighted by Gasteiger charge is 2.41. The van der Waals surface area contributed by atoms with E-state index in [-0.39, 0.29) is 30.4 Å². The number of amides is 1. The van der Waals surface area contributed by atoms with Crippen LogP contribution in [-0.4, -0.2) is 27.8 Å². The number of carbonyl (C=O) groups excluding carboxylic acids is 2. The van der Waals surface area contributed by atoms with Crippen LogP contribution in [0.25, 0.3) is 0 Å². The first-order chi connectivity index (χ1) is 17.0. The van der Waals surface area contributed by atoms with Gasteiger partial charge in [0.15, 0.2) is 5.78 Å². The molecule has 0 spiro atoms. The number of rotatable bonds is 5. The molecule has 1 aliphatic carbocycles. The van der Waals surface area contributed by atoms with Crippen molar-refractivity contribution in [1.82, 2.24) is 4.98 Å². The average molecular weight is 468 g/mol. The Kier molecular flexibility index (Phi) is 6.14. The molecule has 3 aromatic rings. The number of aromatic nitrogens is 1. The predicted molar refractivity (Wildman–Crippen MR) is 132 cm³/mol. The zero-order chi connectivity index (χ0) is 24.4. The van der Waals surface area contributed by atoms with Crippen LogP contribution in [0.15, 0.2) is 90.4 Å². The van der Waals surface area contributed by atoms with Crippen LogP contribution in [0.3, 0.4) is 0 Å². The van der Waals surface area contributed by atoms with Crippen LogP contribution in [0.5, 0.6) is 0 Å². The van der Waals surface area contributed by atoms with Gasteiger partial charge in [0.1, 0.15) is 0 Å². The largest absolute Gasteiger partial charge is 0.481 e. The number of fused-ring (bicyclic) bond motifs is 1. The number of carboxylic acid groups (broad SMARTS) is 1. The Morgan fingerprint density at radius 2 is 1.69 bits per heavy atom. The fourth-order valence-corrected chi connectivity index (χ4v) is 5.01. The van der Waals surface area contributed by atoms with E-state index in [1.165, 1.54) is 0 Å². The van der Waals surface area contributed by atoms with E-state index in [9.17, 15) is 19.5 Å². The van der Waals surface area contributed by atoms with Crippen LogP contribution < -0.4 is 10.2 Å². The number of pyridine rings is 1. The Morgan fingerprint density at radius 1 is 0.943 bits per heavy atom. The van der Waals surface area contributed by atoms with E-state index in [0.29, 0.717) is 35.4 Å². The molecular formula is C28H25N3O4. The number of nitrogens with zero attached hydrogens (tertiary/aromatic N) is 2. The first-order valence-electron chi connectivity index (χ1n) is 11.6. The zero-order valence-corrected chi connectivity index (χ0v) is 19.1. The minimum Gasteiger partial charge on any atom is -0.481 e. The lowest BCUT2D eigenvalue weighted by Crippen LogP contribution is -2.38. The highest BCUT2D eigenvalue weighted by molar-refractivity contribution is 6.06. The standard InChI is InChI=1S/C28H25N3O4/c32-24-16-20(18-7-2-1-3-8-18)15-22-27(24)28(19-9-6-14-29-17-19)31(25(33)12-13-26(34)35)23-11-5-4-10-21(23)30-22/h1-11,14,17,20,28,30H,12-13,15-16H2,(H,34,35)/t20-,28-/m0/s1. The summed E-state index contributed by atoms with van der Waals surface area (Å²) in [5.74, 6) is -1.42. The van der Waals surface area contributed by atoms with Gasteiger partial charge in [-0.3, -0.25) is 24.3 Å². The summed E-state index contributed by atoms with van der Waals surface area (Å²) in [4.78, 5) is 44.4. The van der Waals surface area contributed by atoms with Crippen molar-refractivity contribution in [3.63, 3.8) is 0 Å². The van der Waals surface area contributed by atoms with Gasteiger partial charge in [0.2, 0.25) is 5.91 Å². The first-order valence-corrected chi connectivity index (χ1v) is 11.6. The van der Waals surface area contributed by atoms with E-state index >= 15 is 0 Å². The van der Waals surface area contributed by atoms with E-state index in [0.717, 1.165) is 11.3 Å². The summed E-state index contributed by atoms with van der Waals surface area (Å²) in [6.45, 7) is 0.